The molecule has 0 saturated heterocycles. The van der Waals surface area contributed by atoms with Crippen molar-refractivity contribution in [1.82, 2.24) is 0 Å². The van der Waals surface area contributed by atoms with Crippen molar-refractivity contribution in [1.29, 1.82) is 0 Å². The number of rotatable bonds is 0. The molecular formula is C9H10O2. The van der Waals surface area contributed by atoms with Crippen molar-refractivity contribution in [3.63, 3.8) is 0 Å². The van der Waals surface area contributed by atoms with Crippen LogP contribution in [0.15, 0.2) is 12.2 Å². The smallest absolute Gasteiger partial charge is 0.165 e. The molecule has 0 aromatic carbocycles. The van der Waals surface area contributed by atoms with E-state index >= 15 is 0 Å². The van der Waals surface area contributed by atoms with Gasteiger partial charge in [-0.1, -0.05) is 12.2 Å². The molecule has 0 unspecified atom stereocenters. The number of carbonyl (C=O) groups excluding carboxylic acids is 1. The number of aliphatic hydroxyl groups excluding tert-OH is 1. The summed E-state index contributed by atoms with van der Waals surface area (Å²) in [7, 11) is 0. The first-order chi connectivity index (χ1) is 5.29. The van der Waals surface area contributed by atoms with E-state index in [2.05, 4.69) is 12.2 Å². The predicted octanol–water partition coefficient (Wildman–Crippen LogP) is 0.368. The molecule has 3 aliphatic rings. The molecule has 2 heteroatoms. The van der Waals surface area contributed by atoms with E-state index in [1.54, 1.807) is 0 Å². The van der Waals surface area contributed by atoms with Crippen molar-refractivity contribution in [2.45, 2.75) is 12.5 Å². The summed E-state index contributed by atoms with van der Waals surface area (Å²) >= 11 is 0. The minimum Gasteiger partial charge on any atom is -0.385 e. The molecule has 0 aliphatic heterocycles. The van der Waals surface area contributed by atoms with Gasteiger partial charge in [-0.15, -0.1) is 0 Å². The van der Waals surface area contributed by atoms with Gasteiger partial charge in [0.05, 0.1) is 0 Å². The molecule has 2 nitrogen and oxygen atoms in total. The van der Waals surface area contributed by atoms with Gasteiger partial charge in [0, 0.05) is 11.8 Å². The zero-order valence-corrected chi connectivity index (χ0v) is 6.10. The van der Waals surface area contributed by atoms with Crippen molar-refractivity contribution in [2.24, 2.45) is 23.7 Å². The van der Waals surface area contributed by atoms with E-state index < -0.39 is 6.10 Å². The van der Waals surface area contributed by atoms with E-state index in [0.717, 1.165) is 6.42 Å². The average molecular weight is 150 g/mol. The van der Waals surface area contributed by atoms with Crippen LogP contribution in [0.3, 0.4) is 0 Å². The van der Waals surface area contributed by atoms with Gasteiger partial charge in [0.1, 0.15) is 6.10 Å². The van der Waals surface area contributed by atoms with Crippen LogP contribution in [0.1, 0.15) is 6.42 Å². The zero-order chi connectivity index (χ0) is 7.59. The molecule has 0 heterocycles. The average Bonchev–Trinajstić information content (AvgIpc) is 2.58. The highest BCUT2D eigenvalue weighted by Crippen LogP contribution is 2.55. The third-order valence-corrected chi connectivity index (χ3v) is 3.50. The van der Waals surface area contributed by atoms with E-state index in [4.69, 9.17) is 0 Å². The zero-order valence-electron chi connectivity index (χ0n) is 6.10. The second kappa shape index (κ2) is 1.58. The van der Waals surface area contributed by atoms with Gasteiger partial charge in [0.25, 0.3) is 0 Å². The van der Waals surface area contributed by atoms with Gasteiger partial charge < -0.3 is 5.11 Å². The summed E-state index contributed by atoms with van der Waals surface area (Å²) in [5.74, 6) is 1.56. The Morgan fingerprint density at radius 3 is 2.82 bits per heavy atom. The van der Waals surface area contributed by atoms with Crippen LogP contribution in [0, 0.1) is 23.7 Å². The molecule has 3 rings (SSSR count). The number of hydrogen-bond acceptors (Lipinski definition) is 2. The Bertz CT molecular complexity index is 256. The predicted molar refractivity (Wildman–Crippen MR) is 38.7 cm³/mol. The molecule has 2 saturated carbocycles. The number of hydrogen-bond donors (Lipinski definition) is 1. The van der Waals surface area contributed by atoms with Crippen molar-refractivity contribution < 1.29 is 9.90 Å². The van der Waals surface area contributed by atoms with E-state index in [0.29, 0.717) is 11.8 Å². The molecular weight excluding hydrogens is 140 g/mol. The van der Waals surface area contributed by atoms with Crippen LogP contribution in [0.25, 0.3) is 0 Å². The summed E-state index contributed by atoms with van der Waals surface area (Å²) in [5, 5.41) is 9.33. The number of allylic oxidation sites excluding steroid dienone is 2. The Labute approximate surface area is 64.9 Å². The molecule has 11 heavy (non-hydrogen) atoms. The summed E-state index contributed by atoms with van der Waals surface area (Å²) in [4.78, 5) is 11.1. The lowest BCUT2D eigenvalue weighted by molar-refractivity contribution is -0.153. The largest absolute Gasteiger partial charge is 0.385 e. The molecule has 0 radical (unpaired) electrons. The molecule has 3 aliphatic carbocycles. The van der Waals surface area contributed by atoms with Gasteiger partial charge in [-0.25, -0.2) is 0 Å². The molecule has 0 aromatic rings. The lowest BCUT2D eigenvalue weighted by Crippen LogP contribution is -2.53. The Morgan fingerprint density at radius 2 is 2.09 bits per heavy atom. The van der Waals surface area contributed by atoms with Crippen LogP contribution in [-0.2, 0) is 4.79 Å². The molecule has 2 bridgehead atoms. The van der Waals surface area contributed by atoms with E-state index in [9.17, 15) is 9.90 Å². The molecule has 5 atom stereocenters. The fourth-order valence-corrected chi connectivity index (χ4v) is 2.96. The summed E-state index contributed by atoms with van der Waals surface area (Å²) in [6, 6.07) is 0. The number of fused-ring (bicyclic) bond motifs is 5. The third kappa shape index (κ3) is 0.486. The van der Waals surface area contributed by atoms with E-state index in [-0.39, 0.29) is 17.6 Å². The monoisotopic (exact) mass is 150 g/mol. The topological polar surface area (TPSA) is 37.3 Å². The first-order valence-corrected chi connectivity index (χ1v) is 4.19. The highest BCUT2D eigenvalue weighted by atomic mass is 16.3. The molecule has 0 spiro atoms. The highest BCUT2D eigenvalue weighted by Gasteiger charge is 2.60. The van der Waals surface area contributed by atoms with Crippen LogP contribution < -0.4 is 0 Å². The van der Waals surface area contributed by atoms with Crippen molar-refractivity contribution in [2.75, 3.05) is 0 Å². The summed E-state index contributed by atoms with van der Waals surface area (Å²) in [6.07, 6.45) is 4.80. The SMILES string of the molecule is O=C1[C@@H]2[C@H]([C@@H]1O)[C@H]1C=C[C@@H]2C1. The Hall–Kier alpha value is -0.630. The fourth-order valence-electron chi connectivity index (χ4n) is 2.96. The Morgan fingerprint density at radius 1 is 1.36 bits per heavy atom. The van der Waals surface area contributed by atoms with Crippen LogP contribution in [0.4, 0.5) is 0 Å². The number of aliphatic hydroxyl groups is 1. The number of Topliss-reactive ketones (excluding diaryl/α,β-unsaturated/α-hetero) is 1. The maximum atomic E-state index is 11.1. The Balaban J connectivity index is 2.01. The molecule has 0 aromatic heterocycles. The maximum Gasteiger partial charge on any atom is 0.165 e. The summed E-state index contributed by atoms with van der Waals surface area (Å²) < 4.78 is 0. The minimum atomic E-state index is -0.625. The number of carbonyl (C=O) groups is 1. The first-order valence-electron chi connectivity index (χ1n) is 4.19. The molecule has 1 N–H and O–H groups in total. The Kier molecular flexibility index (Phi) is 0.856. The third-order valence-electron chi connectivity index (χ3n) is 3.50. The van der Waals surface area contributed by atoms with Crippen LogP contribution >= 0.6 is 0 Å². The summed E-state index contributed by atoms with van der Waals surface area (Å²) in [6.45, 7) is 0. The van der Waals surface area contributed by atoms with Gasteiger partial charge in [0.15, 0.2) is 5.78 Å². The second-order valence-electron chi connectivity index (χ2n) is 3.90. The van der Waals surface area contributed by atoms with Crippen molar-refractivity contribution in [3.8, 4) is 0 Å². The maximum absolute atomic E-state index is 11.1. The lowest BCUT2D eigenvalue weighted by Gasteiger charge is -2.40. The van der Waals surface area contributed by atoms with Gasteiger partial charge in [0.2, 0.25) is 0 Å². The molecule has 2 fully saturated rings. The summed E-state index contributed by atoms with van der Waals surface area (Å²) in [5.41, 5.74) is 0. The highest BCUT2D eigenvalue weighted by molar-refractivity contribution is 5.93. The van der Waals surface area contributed by atoms with Crippen LogP contribution in [0.2, 0.25) is 0 Å². The van der Waals surface area contributed by atoms with E-state index in [1.807, 2.05) is 0 Å². The molecule has 58 valence electrons. The van der Waals surface area contributed by atoms with E-state index in [1.165, 1.54) is 0 Å². The van der Waals surface area contributed by atoms with Gasteiger partial charge in [-0.2, -0.15) is 0 Å². The quantitative estimate of drug-likeness (QED) is 0.506. The van der Waals surface area contributed by atoms with Gasteiger partial charge in [-0.3, -0.25) is 4.79 Å². The fraction of sp³-hybridized carbons (Fsp3) is 0.667. The van der Waals surface area contributed by atoms with Crippen LogP contribution in [0.5, 0.6) is 0 Å². The van der Waals surface area contributed by atoms with Crippen molar-refractivity contribution >= 4 is 5.78 Å². The first kappa shape index (κ1) is 5.95. The van der Waals surface area contributed by atoms with Crippen molar-refractivity contribution in [3.05, 3.63) is 12.2 Å². The second-order valence-corrected chi connectivity index (χ2v) is 3.90. The lowest BCUT2D eigenvalue weighted by atomic mass is 9.65. The normalized spacial score (nSPS) is 57.9. The molecule has 0 amide bonds. The van der Waals surface area contributed by atoms with Crippen LogP contribution in [-0.4, -0.2) is 17.0 Å². The standard InChI is InChI=1S/C9H10O2/c10-8-6-4-1-2-5(3-4)7(6)9(8)11/h1-2,4-8,10H,3H2/t4-,5+,6+,7-,8-/m0/s1. The van der Waals surface area contributed by atoms with Gasteiger partial charge in [-0.05, 0) is 18.3 Å². The number of ketones is 1. The van der Waals surface area contributed by atoms with Gasteiger partial charge >= 0.3 is 0 Å². The minimum absolute atomic E-state index is 0.0897.